The normalized spacial score (nSPS) is 13.2. The van der Waals surface area contributed by atoms with Crippen molar-refractivity contribution < 1.29 is 9.84 Å². The lowest BCUT2D eigenvalue weighted by Gasteiger charge is -2.15. The van der Waals surface area contributed by atoms with E-state index in [2.05, 4.69) is 50.2 Å². The van der Waals surface area contributed by atoms with Crippen LogP contribution in [0.1, 0.15) is 84.0 Å². The molecule has 0 fully saturated rings. The molecule has 1 atom stereocenters. The Morgan fingerprint density at radius 3 is 2.10 bits per heavy atom. The van der Waals surface area contributed by atoms with Gasteiger partial charge in [-0.2, -0.15) is 0 Å². The minimum atomic E-state index is -0.0140. The van der Waals surface area contributed by atoms with Gasteiger partial charge in [-0.15, -0.1) is 0 Å². The van der Waals surface area contributed by atoms with E-state index in [0.29, 0.717) is 0 Å². The van der Waals surface area contributed by atoms with Gasteiger partial charge in [-0.3, -0.25) is 0 Å². The lowest BCUT2D eigenvalue weighted by molar-refractivity contribution is 0.0262. The van der Waals surface area contributed by atoms with Crippen LogP contribution in [0.25, 0.3) is 0 Å². The lowest BCUT2D eigenvalue weighted by atomic mass is 10.1. The van der Waals surface area contributed by atoms with Gasteiger partial charge in [-0.25, -0.2) is 0 Å². The van der Waals surface area contributed by atoms with Gasteiger partial charge in [0.05, 0.1) is 12.7 Å². The first-order valence-electron chi connectivity index (χ1n) is 12.1. The summed E-state index contributed by atoms with van der Waals surface area (Å²) >= 11 is 0. The molecule has 0 aromatic rings. The third-order valence-electron chi connectivity index (χ3n) is 4.86. The highest BCUT2D eigenvalue weighted by Gasteiger charge is 2.08. The summed E-state index contributed by atoms with van der Waals surface area (Å²) in [4.78, 5) is 2.19. The van der Waals surface area contributed by atoms with Gasteiger partial charge in [-0.1, -0.05) is 91.3 Å². The molecule has 3 nitrogen and oxygen atoms in total. The van der Waals surface area contributed by atoms with Crippen molar-refractivity contribution in [1.82, 2.24) is 4.90 Å². The van der Waals surface area contributed by atoms with Crippen molar-refractivity contribution in [2.24, 2.45) is 0 Å². The van der Waals surface area contributed by atoms with Crippen LogP contribution in [0.5, 0.6) is 0 Å². The minimum absolute atomic E-state index is 0.0140. The fraction of sp³-hybridized carbons (Fsp3) is 0.840. The number of allylic oxidation sites excluding steroid dienone is 4. The van der Waals surface area contributed by atoms with E-state index in [4.69, 9.17) is 4.74 Å². The van der Waals surface area contributed by atoms with Crippen LogP contribution in [0.2, 0.25) is 0 Å². The molecule has 0 aliphatic rings. The fourth-order valence-electron chi connectivity index (χ4n) is 2.90. The van der Waals surface area contributed by atoms with Gasteiger partial charge in [0.25, 0.3) is 0 Å². The van der Waals surface area contributed by atoms with Crippen LogP contribution in [0.3, 0.4) is 0 Å². The summed E-state index contributed by atoms with van der Waals surface area (Å²) < 4.78 is 5.83. The summed E-state index contributed by atoms with van der Waals surface area (Å²) in [7, 11) is 7.87. The Kier molecular flexibility index (Phi) is 25.4. The topological polar surface area (TPSA) is 32.7 Å². The molecule has 0 saturated carbocycles. The zero-order valence-electron chi connectivity index (χ0n) is 20.0. The molecule has 0 saturated heterocycles. The van der Waals surface area contributed by atoms with Crippen LogP contribution in [0.15, 0.2) is 24.3 Å². The Labute approximate surface area is 195 Å². The zero-order chi connectivity index (χ0) is 22.1. The van der Waals surface area contributed by atoms with E-state index >= 15 is 0 Å². The van der Waals surface area contributed by atoms with E-state index in [0.717, 1.165) is 37.5 Å². The second-order valence-electron chi connectivity index (χ2n) is 8.17. The van der Waals surface area contributed by atoms with Gasteiger partial charge in [0.1, 0.15) is 0 Å². The van der Waals surface area contributed by atoms with Crippen molar-refractivity contribution in [1.29, 1.82) is 0 Å². The Balaban J connectivity index is 3.35. The van der Waals surface area contributed by atoms with Crippen LogP contribution < -0.4 is 0 Å². The van der Waals surface area contributed by atoms with Gasteiger partial charge < -0.3 is 14.7 Å². The Bertz CT molecular complexity index is 389. The molecule has 0 aliphatic carbocycles. The van der Waals surface area contributed by atoms with Crippen LogP contribution >= 0.6 is 21.6 Å². The highest BCUT2D eigenvalue weighted by molar-refractivity contribution is 8.76. The van der Waals surface area contributed by atoms with Gasteiger partial charge in [0.15, 0.2) is 0 Å². The van der Waals surface area contributed by atoms with E-state index in [-0.39, 0.29) is 12.7 Å². The van der Waals surface area contributed by atoms with Crippen molar-refractivity contribution in [3.05, 3.63) is 24.3 Å². The monoisotopic (exact) mass is 459 g/mol. The molecule has 0 aliphatic heterocycles. The standard InChI is InChI=1S/C25H49NO2S2/c1-4-5-6-7-8-9-10-11-12-13-14-15-16-17-18-19-21-28-25(23-27)24-30-29-22-20-26(2)3/h8-9,11-12,25,27H,4-7,10,13-24H2,1-3H3/b9-8-,12-11-. The molecule has 0 radical (unpaired) electrons. The molecule has 0 spiro atoms. The molecule has 178 valence electrons. The van der Waals surface area contributed by atoms with Crippen molar-refractivity contribution in [3.63, 3.8) is 0 Å². The lowest BCUT2D eigenvalue weighted by Crippen LogP contribution is -2.21. The molecule has 30 heavy (non-hydrogen) atoms. The zero-order valence-corrected chi connectivity index (χ0v) is 21.7. The van der Waals surface area contributed by atoms with E-state index in [1.807, 2.05) is 21.6 Å². The number of hydrogen-bond donors (Lipinski definition) is 1. The van der Waals surface area contributed by atoms with Gasteiger partial charge in [0.2, 0.25) is 0 Å². The number of aliphatic hydroxyl groups excluding tert-OH is 1. The summed E-state index contributed by atoms with van der Waals surface area (Å²) in [6, 6.07) is 0. The molecular weight excluding hydrogens is 410 g/mol. The maximum atomic E-state index is 9.44. The first-order chi connectivity index (χ1) is 14.7. The molecular formula is C25H49NO2S2. The summed E-state index contributed by atoms with van der Waals surface area (Å²) in [5.41, 5.74) is 0. The maximum absolute atomic E-state index is 9.44. The third kappa shape index (κ3) is 24.3. The number of nitrogens with zero attached hydrogens (tertiary/aromatic N) is 1. The number of ether oxygens (including phenoxy) is 1. The SMILES string of the molecule is CCCCC/C=C\C/C=C\CCCCCCCCOC(CO)CSSCCN(C)C. The second-order valence-corrected chi connectivity index (χ2v) is 10.8. The summed E-state index contributed by atoms with van der Waals surface area (Å²) in [5.74, 6) is 1.98. The third-order valence-corrected chi connectivity index (χ3v) is 7.29. The first-order valence-corrected chi connectivity index (χ1v) is 14.6. The molecule has 0 bridgehead atoms. The summed E-state index contributed by atoms with van der Waals surface area (Å²) in [6.07, 6.45) is 24.4. The molecule has 0 heterocycles. The first kappa shape index (κ1) is 30.1. The van der Waals surface area contributed by atoms with Crippen LogP contribution in [0, 0.1) is 0 Å². The predicted molar refractivity (Wildman–Crippen MR) is 140 cm³/mol. The molecule has 0 aromatic carbocycles. The van der Waals surface area contributed by atoms with Crippen molar-refractivity contribution >= 4 is 21.6 Å². The van der Waals surface area contributed by atoms with E-state index in [1.54, 1.807) is 0 Å². The van der Waals surface area contributed by atoms with Crippen molar-refractivity contribution in [2.75, 3.05) is 45.4 Å². The smallest absolute Gasteiger partial charge is 0.0904 e. The Morgan fingerprint density at radius 1 is 0.833 bits per heavy atom. The van der Waals surface area contributed by atoms with Crippen LogP contribution in [0.4, 0.5) is 0 Å². The highest BCUT2D eigenvalue weighted by atomic mass is 33.1. The van der Waals surface area contributed by atoms with Crippen molar-refractivity contribution in [3.8, 4) is 0 Å². The van der Waals surface area contributed by atoms with Crippen LogP contribution in [-0.4, -0.2) is 61.5 Å². The quantitative estimate of drug-likeness (QED) is 0.0999. The molecule has 0 aromatic heterocycles. The molecule has 1 unspecified atom stereocenters. The Morgan fingerprint density at radius 2 is 1.47 bits per heavy atom. The minimum Gasteiger partial charge on any atom is -0.394 e. The predicted octanol–water partition coefficient (Wildman–Crippen LogP) is 7.12. The van der Waals surface area contributed by atoms with Gasteiger partial charge >= 0.3 is 0 Å². The largest absolute Gasteiger partial charge is 0.394 e. The van der Waals surface area contributed by atoms with Crippen molar-refractivity contribution in [2.45, 2.75) is 90.1 Å². The molecule has 5 heteroatoms. The summed E-state index contributed by atoms with van der Waals surface area (Å²) in [6.45, 7) is 4.26. The molecule has 0 rings (SSSR count). The fourth-order valence-corrected chi connectivity index (χ4v) is 5.22. The molecule has 0 amide bonds. The second kappa shape index (κ2) is 25.3. The number of rotatable bonds is 23. The highest BCUT2D eigenvalue weighted by Crippen LogP contribution is 2.22. The number of unbranched alkanes of at least 4 members (excludes halogenated alkanes) is 9. The van der Waals surface area contributed by atoms with E-state index < -0.39 is 0 Å². The number of aliphatic hydroxyl groups is 1. The summed E-state index contributed by atoms with van der Waals surface area (Å²) in [5, 5.41) is 9.44. The Hall–Kier alpha value is 0.0600. The molecule has 1 N–H and O–H groups in total. The number of hydrogen-bond acceptors (Lipinski definition) is 5. The average molecular weight is 460 g/mol. The van der Waals surface area contributed by atoms with Gasteiger partial charge in [-0.05, 0) is 52.6 Å². The maximum Gasteiger partial charge on any atom is 0.0904 e. The van der Waals surface area contributed by atoms with Crippen LogP contribution in [-0.2, 0) is 4.74 Å². The van der Waals surface area contributed by atoms with E-state index in [1.165, 1.54) is 64.2 Å². The van der Waals surface area contributed by atoms with Gasteiger partial charge in [0, 0.05) is 24.7 Å². The average Bonchev–Trinajstić information content (AvgIpc) is 2.74. The van der Waals surface area contributed by atoms with E-state index in [9.17, 15) is 5.11 Å².